The number of carbonyl (C=O) groups is 2. The van der Waals surface area contributed by atoms with Crippen LogP contribution in [0.5, 0.6) is 23.0 Å². The third-order valence-electron chi connectivity index (χ3n) is 6.04. The quantitative estimate of drug-likeness (QED) is 0.200. The number of carbonyl (C=O) groups excluding carboxylic acids is 2. The zero-order valence-electron chi connectivity index (χ0n) is 21.2. The van der Waals surface area contributed by atoms with Gasteiger partial charge in [-0.1, -0.05) is 12.8 Å². The average molecular weight is 569 g/mol. The van der Waals surface area contributed by atoms with Gasteiger partial charge in [0.1, 0.15) is 34.2 Å². The summed E-state index contributed by atoms with van der Waals surface area (Å²) in [6.07, 6.45) is -0.488. The number of amides is 2. The highest BCUT2D eigenvalue weighted by molar-refractivity contribution is 6.37. The van der Waals surface area contributed by atoms with Crippen LogP contribution in [0.3, 0.4) is 0 Å². The Morgan fingerprint density at radius 1 is 1.00 bits per heavy atom. The van der Waals surface area contributed by atoms with Gasteiger partial charge in [-0.15, -0.1) is 13.2 Å². The number of aliphatic hydroxyl groups is 1. The Kier molecular flexibility index (Phi) is 8.47. The molecule has 4 radical (unpaired) electrons. The number of pyridine rings is 1. The molecular weight excluding hydrogens is 548 g/mol. The predicted octanol–water partition coefficient (Wildman–Crippen LogP) is 4.24. The van der Waals surface area contributed by atoms with Gasteiger partial charge in [0.05, 0.1) is 0 Å². The molecule has 1 aliphatic carbocycles. The molecule has 0 saturated heterocycles. The zero-order valence-corrected chi connectivity index (χ0v) is 21.2. The number of nitrogens with two attached hydrogens (primary N) is 1. The van der Waals surface area contributed by atoms with Gasteiger partial charge in [-0.25, -0.2) is 4.39 Å². The van der Waals surface area contributed by atoms with E-state index in [1.54, 1.807) is 0 Å². The van der Waals surface area contributed by atoms with E-state index < -0.39 is 46.6 Å². The highest BCUT2D eigenvalue weighted by Crippen LogP contribution is 2.42. The lowest BCUT2D eigenvalue weighted by Crippen LogP contribution is -2.36. The molecule has 41 heavy (non-hydrogen) atoms. The number of nitrogens with zero attached hydrogens (tertiary/aromatic N) is 1. The number of hydrogen-bond acceptors (Lipinski definition) is 7. The van der Waals surface area contributed by atoms with Crippen molar-refractivity contribution in [3.63, 3.8) is 0 Å². The molecule has 0 atom stereocenters. The maximum absolute atomic E-state index is 15.6. The Balaban J connectivity index is 1.77. The van der Waals surface area contributed by atoms with Crippen LogP contribution in [0.1, 0.15) is 58.0 Å². The van der Waals surface area contributed by atoms with E-state index in [0.717, 1.165) is 37.8 Å². The van der Waals surface area contributed by atoms with E-state index in [2.05, 4.69) is 15.0 Å². The van der Waals surface area contributed by atoms with Gasteiger partial charge in [-0.3, -0.25) is 14.6 Å². The lowest BCUT2D eigenvalue weighted by atomic mass is 9.76. The van der Waals surface area contributed by atoms with Crippen LogP contribution >= 0.6 is 0 Å². The molecule has 0 bridgehead atoms. The monoisotopic (exact) mass is 569 g/mol. The van der Waals surface area contributed by atoms with Crippen molar-refractivity contribution in [2.75, 3.05) is 5.32 Å². The summed E-state index contributed by atoms with van der Waals surface area (Å²) in [5.74, 6) is -4.94. The number of benzene rings is 2. The molecule has 0 aliphatic heterocycles. The molecule has 1 saturated carbocycles. The number of halogens is 4. The first-order chi connectivity index (χ1) is 19.2. The fourth-order valence-corrected chi connectivity index (χ4v) is 4.38. The summed E-state index contributed by atoms with van der Waals surface area (Å²) in [6.45, 7) is 0. The normalized spacial score (nSPS) is 14.0. The maximum atomic E-state index is 15.6. The van der Waals surface area contributed by atoms with Crippen LogP contribution in [0.25, 0.3) is 0 Å². The topological polar surface area (TPSA) is 133 Å². The second kappa shape index (κ2) is 11.7. The van der Waals surface area contributed by atoms with Gasteiger partial charge in [-0.05, 0) is 60.7 Å². The van der Waals surface area contributed by atoms with Crippen LogP contribution in [-0.2, 0) is 0 Å². The molecule has 9 nitrogen and oxygen atoms in total. The minimum atomic E-state index is -5.06. The summed E-state index contributed by atoms with van der Waals surface area (Å²) in [5, 5.41) is 12.2. The standard InChI is InChI=1S/C26H21B2F4N3O6/c27-25(28,38)41-20-12-16(40-26(30,31)32)5-6-19(20)39-21-10-14(13-3-1-2-4-13)9-17(29)22(21)24(37)35-15-7-8-34-18(11-15)23(33)36/h5-13,38H,1-4H2,(H2,33,36)(H,34,35,37). The molecule has 0 spiro atoms. The van der Waals surface area contributed by atoms with Crippen molar-refractivity contribution in [1.82, 2.24) is 4.98 Å². The largest absolute Gasteiger partial charge is 0.573 e. The number of anilines is 1. The molecule has 2 aromatic carbocycles. The number of hydrogen-bond donors (Lipinski definition) is 3. The third-order valence-corrected chi connectivity index (χ3v) is 6.04. The molecule has 210 valence electrons. The first-order valence-corrected chi connectivity index (χ1v) is 12.2. The van der Waals surface area contributed by atoms with Crippen LogP contribution in [0.2, 0.25) is 0 Å². The molecule has 1 fully saturated rings. The number of alkyl halides is 3. The Labute approximate surface area is 233 Å². The fraction of sp³-hybridized carbons (Fsp3) is 0.269. The second-order valence-electron chi connectivity index (χ2n) is 9.22. The van der Waals surface area contributed by atoms with Crippen molar-refractivity contribution in [3.05, 3.63) is 71.3 Å². The lowest BCUT2D eigenvalue weighted by Gasteiger charge is -2.24. The summed E-state index contributed by atoms with van der Waals surface area (Å²) < 4.78 is 68.5. The molecule has 1 heterocycles. The predicted molar refractivity (Wildman–Crippen MR) is 139 cm³/mol. The van der Waals surface area contributed by atoms with E-state index in [1.807, 2.05) is 0 Å². The van der Waals surface area contributed by atoms with Gasteiger partial charge in [-0.2, -0.15) is 0 Å². The summed E-state index contributed by atoms with van der Waals surface area (Å²) in [5.41, 5.74) is 2.23. The average Bonchev–Trinajstić information content (AvgIpc) is 3.39. The Morgan fingerprint density at radius 2 is 1.71 bits per heavy atom. The van der Waals surface area contributed by atoms with Gasteiger partial charge < -0.3 is 30.4 Å². The van der Waals surface area contributed by atoms with Crippen molar-refractivity contribution in [1.29, 1.82) is 0 Å². The van der Waals surface area contributed by atoms with Gasteiger partial charge in [0.2, 0.25) is 0 Å². The molecule has 0 unspecified atom stereocenters. The maximum Gasteiger partial charge on any atom is 0.573 e. The number of rotatable bonds is 9. The van der Waals surface area contributed by atoms with Gasteiger partial charge in [0.15, 0.2) is 27.2 Å². The van der Waals surface area contributed by atoms with Crippen LogP contribution in [0, 0.1) is 5.82 Å². The Bertz CT molecular complexity index is 1460. The van der Waals surface area contributed by atoms with Crippen molar-refractivity contribution in [3.8, 4) is 23.0 Å². The highest BCUT2D eigenvalue weighted by Gasteiger charge is 2.32. The summed E-state index contributed by atoms with van der Waals surface area (Å²) in [7, 11) is 10.5. The Morgan fingerprint density at radius 3 is 2.34 bits per heavy atom. The van der Waals surface area contributed by atoms with Crippen LogP contribution in [0.15, 0.2) is 48.7 Å². The van der Waals surface area contributed by atoms with E-state index >= 15 is 4.39 Å². The zero-order chi connectivity index (χ0) is 29.9. The molecule has 4 N–H and O–H groups in total. The number of aromatic nitrogens is 1. The smallest absolute Gasteiger partial charge is 0.478 e. The molecule has 1 aromatic heterocycles. The first-order valence-electron chi connectivity index (χ1n) is 12.2. The molecule has 1 aliphatic rings. The first kappa shape index (κ1) is 29.7. The van der Waals surface area contributed by atoms with Gasteiger partial charge in [0, 0.05) is 18.0 Å². The minimum absolute atomic E-state index is 0.0289. The third kappa shape index (κ3) is 7.91. The summed E-state index contributed by atoms with van der Waals surface area (Å²) in [6, 6.07) is 7.66. The van der Waals surface area contributed by atoms with Crippen LogP contribution < -0.4 is 25.3 Å². The molecule has 2 amide bonds. The van der Waals surface area contributed by atoms with Crippen molar-refractivity contribution >= 4 is 33.2 Å². The van der Waals surface area contributed by atoms with E-state index in [1.165, 1.54) is 30.5 Å². The number of primary amides is 1. The van der Waals surface area contributed by atoms with E-state index in [-0.39, 0.29) is 28.8 Å². The number of ether oxygens (including phenoxy) is 3. The van der Waals surface area contributed by atoms with E-state index in [4.69, 9.17) is 30.9 Å². The van der Waals surface area contributed by atoms with Gasteiger partial charge >= 0.3 is 6.36 Å². The molecule has 3 aromatic rings. The molecular formula is C26H21B2F4N3O6. The number of nitrogens with one attached hydrogen (secondary N) is 1. The molecule has 15 heteroatoms. The summed E-state index contributed by atoms with van der Waals surface area (Å²) >= 11 is 0. The lowest BCUT2D eigenvalue weighted by molar-refractivity contribution is -0.274. The van der Waals surface area contributed by atoms with E-state index in [0.29, 0.717) is 11.6 Å². The van der Waals surface area contributed by atoms with Crippen molar-refractivity contribution in [2.45, 2.75) is 43.5 Å². The van der Waals surface area contributed by atoms with Crippen LogP contribution in [-0.4, -0.2) is 49.5 Å². The Hall–Kier alpha value is -4.26. The van der Waals surface area contributed by atoms with Crippen molar-refractivity contribution < 1.29 is 46.5 Å². The summed E-state index contributed by atoms with van der Waals surface area (Å²) in [4.78, 5) is 28.5. The fourth-order valence-electron chi connectivity index (χ4n) is 4.38. The highest BCUT2D eigenvalue weighted by atomic mass is 19.4. The second-order valence-corrected chi connectivity index (χ2v) is 9.22. The SMILES string of the molecule is [B]C([B])(O)Oc1cc(OC(F)(F)F)ccc1Oc1cc(C2CCCC2)cc(F)c1C(=O)Nc1ccnc(C(N)=O)c1. The van der Waals surface area contributed by atoms with Crippen LogP contribution in [0.4, 0.5) is 23.2 Å². The molecule has 4 rings (SSSR count). The van der Waals surface area contributed by atoms with Crippen molar-refractivity contribution in [2.24, 2.45) is 5.73 Å². The van der Waals surface area contributed by atoms with E-state index in [9.17, 15) is 27.9 Å². The minimum Gasteiger partial charge on any atom is -0.478 e. The van der Waals surface area contributed by atoms with Gasteiger partial charge in [0.25, 0.3) is 11.8 Å².